The quantitative estimate of drug-likeness (QED) is 0.640. The molecule has 1 fully saturated rings. The summed E-state index contributed by atoms with van der Waals surface area (Å²) in [6.07, 6.45) is 0.232. The summed E-state index contributed by atoms with van der Waals surface area (Å²) in [7, 11) is 1.66. The Morgan fingerprint density at radius 3 is 2.66 bits per heavy atom. The van der Waals surface area contributed by atoms with E-state index >= 15 is 0 Å². The number of carbonyl (C=O) groups is 1. The van der Waals surface area contributed by atoms with Gasteiger partial charge in [-0.15, -0.1) is 0 Å². The lowest BCUT2D eigenvalue weighted by molar-refractivity contribution is -0.131. The number of hydrogen-bond acceptors (Lipinski definition) is 5. The van der Waals surface area contributed by atoms with Crippen molar-refractivity contribution in [3.05, 3.63) is 58.0 Å². The molecule has 0 aliphatic carbocycles. The van der Waals surface area contributed by atoms with E-state index in [1.54, 1.807) is 25.3 Å². The molecule has 1 saturated heterocycles. The Bertz CT molecular complexity index is 1080. The number of anilines is 1. The molecule has 8 heteroatoms. The smallest absolute Gasteiger partial charge is 0.419 e. The number of piperazine rings is 1. The molecule has 1 amide bonds. The van der Waals surface area contributed by atoms with Crippen LogP contribution in [0.1, 0.15) is 6.42 Å². The van der Waals surface area contributed by atoms with Crippen LogP contribution in [0.5, 0.6) is 5.75 Å². The molecule has 1 aromatic heterocycles. The van der Waals surface area contributed by atoms with Crippen molar-refractivity contribution in [3.63, 3.8) is 0 Å². The van der Waals surface area contributed by atoms with Crippen LogP contribution in [0.15, 0.2) is 51.7 Å². The average Bonchev–Trinajstić information content (AvgIpc) is 3.06. The Balaban J connectivity index is 1.38. The fourth-order valence-corrected chi connectivity index (χ4v) is 3.87. The maximum atomic E-state index is 12.7. The van der Waals surface area contributed by atoms with Crippen LogP contribution in [-0.2, 0) is 11.3 Å². The standard InChI is InChI=1S/C21H22ClN3O4/c1-28-18-5-3-2-4-16(18)23-10-12-24(13-11-23)20(26)8-9-25-17-14-15(22)6-7-19(17)29-21(25)27/h2-7,14H,8-13H2,1H3. The first-order valence-electron chi connectivity index (χ1n) is 9.51. The fraction of sp³-hybridized carbons (Fsp3) is 0.333. The summed E-state index contributed by atoms with van der Waals surface area (Å²) in [6.45, 7) is 2.98. The summed E-state index contributed by atoms with van der Waals surface area (Å²) in [4.78, 5) is 28.9. The highest BCUT2D eigenvalue weighted by Crippen LogP contribution is 2.28. The molecule has 0 saturated carbocycles. The number of hydrogen-bond donors (Lipinski definition) is 0. The van der Waals surface area contributed by atoms with Gasteiger partial charge >= 0.3 is 5.76 Å². The Kier molecular flexibility index (Phi) is 5.49. The number of halogens is 1. The van der Waals surface area contributed by atoms with Gasteiger partial charge in [0, 0.05) is 44.2 Å². The highest BCUT2D eigenvalue weighted by atomic mass is 35.5. The Morgan fingerprint density at radius 1 is 1.14 bits per heavy atom. The second-order valence-corrected chi connectivity index (χ2v) is 7.36. The van der Waals surface area contributed by atoms with E-state index in [0.29, 0.717) is 29.2 Å². The highest BCUT2D eigenvalue weighted by molar-refractivity contribution is 6.31. The Labute approximate surface area is 173 Å². The van der Waals surface area contributed by atoms with E-state index in [4.69, 9.17) is 20.8 Å². The molecule has 1 aliphatic rings. The van der Waals surface area contributed by atoms with Crippen molar-refractivity contribution < 1.29 is 13.9 Å². The molecule has 152 valence electrons. The van der Waals surface area contributed by atoms with Crippen molar-refractivity contribution in [2.45, 2.75) is 13.0 Å². The van der Waals surface area contributed by atoms with Crippen molar-refractivity contribution in [2.75, 3.05) is 38.2 Å². The van der Waals surface area contributed by atoms with Crippen molar-refractivity contribution in [3.8, 4) is 5.75 Å². The minimum atomic E-state index is -0.476. The van der Waals surface area contributed by atoms with Crippen LogP contribution >= 0.6 is 11.6 Å². The van der Waals surface area contributed by atoms with Crippen molar-refractivity contribution >= 4 is 34.3 Å². The second-order valence-electron chi connectivity index (χ2n) is 6.92. The van der Waals surface area contributed by atoms with Crippen molar-refractivity contribution in [1.82, 2.24) is 9.47 Å². The molecule has 0 spiro atoms. The maximum absolute atomic E-state index is 12.7. The predicted molar refractivity (Wildman–Crippen MR) is 112 cm³/mol. The molecule has 4 rings (SSSR count). The number of methoxy groups -OCH3 is 1. The number of fused-ring (bicyclic) bond motifs is 1. The molecule has 3 aromatic rings. The topological polar surface area (TPSA) is 67.9 Å². The summed E-state index contributed by atoms with van der Waals surface area (Å²) in [5.41, 5.74) is 2.11. The summed E-state index contributed by atoms with van der Waals surface area (Å²) in [5.74, 6) is 0.376. The first-order valence-corrected chi connectivity index (χ1v) is 9.89. The van der Waals surface area contributed by atoms with Crippen LogP contribution in [0.25, 0.3) is 11.1 Å². The van der Waals surface area contributed by atoms with Crippen LogP contribution in [0, 0.1) is 0 Å². The minimum absolute atomic E-state index is 0.0213. The number of carbonyl (C=O) groups excluding carboxylic acids is 1. The van der Waals surface area contributed by atoms with E-state index in [2.05, 4.69) is 4.90 Å². The molecular weight excluding hydrogens is 394 g/mol. The third-order valence-corrected chi connectivity index (χ3v) is 5.47. The molecule has 2 heterocycles. The molecule has 1 aliphatic heterocycles. The van der Waals surface area contributed by atoms with Gasteiger partial charge in [-0.2, -0.15) is 0 Å². The summed E-state index contributed by atoms with van der Waals surface area (Å²) in [5, 5.41) is 0.519. The largest absolute Gasteiger partial charge is 0.495 e. The first-order chi connectivity index (χ1) is 14.1. The van der Waals surface area contributed by atoms with E-state index in [9.17, 15) is 9.59 Å². The lowest BCUT2D eigenvalue weighted by Gasteiger charge is -2.36. The number of rotatable bonds is 5. The number of ether oxygens (including phenoxy) is 1. The number of aryl methyl sites for hydroxylation is 1. The van der Waals surface area contributed by atoms with Gasteiger partial charge in [0.1, 0.15) is 5.75 Å². The third-order valence-electron chi connectivity index (χ3n) is 5.24. The van der Waals surface area contributed by atoms with E-state index in [1.807, 2.05) is 29.2 Å². The third kappa shape index (κ3) is 3.96. The number of benzene rings is 2. The predicted octanol–water partition coefficient (Wildman–Crippen LogP) is 3.00. The molecule has 0 atom stereocenters. The lowest BCUT2D eigenvalue weighted by atomic mass is 10.2. The molecule has 7 nitrogen and oxygen atoms in total. The highest BCUT2D eigenvalue weighted by Gasteiger charge is 2.23. The van der Waals surface area contributed by atoms with Gasteiger partial charge in [0.15, 0.2) is 5.58 Å². The zero-order chi connectivity index (χ0) is 20.4. The number of nitrogens with zero attached hydrogens (tertiary/aromatic N) is 3. The van der Waals surface area contributed by atoms with E-state index < -0.39 is 5.76 Å². The number of aromatic nitrogens is 1. The van der Waals surface area contributed by atoms with Crippen molar-refractivity contribution in [2.24, 2.45) is 0 Å². The molecular formula is C21H22ClN3O4. The molecule has 29 heavy (non-hydrogen) atoms. The maximum Gasteiger partial charge on any atom is 0.419 e. The van der Waals surface area contributed by atoms with Gasteiger partial charge < -0.3 is 19.0 Å². The SMILES string of the molecule is COc1ccccc1N1CCN(C(=O)CCn2c(=O)oc3ccc(Cl)cc32)CC1. The normalized spacial score (nSPS) is 14.4. The number of para-hydroxylation sites is 2. The van der Waals surface area contributed by atoms with Gasteiger partial charge in [0.25, 0.3) is 0 Å². The van der Waals surface area contributed by atoms with Crippen molar-refractivity contribution in [1.29, 1.82) is 0 Å². The fourth-order valence-electron chi connectivity index (χ4n) is 3.70. The second kappa shape index (κ2) is 8.21. The van der Waals surface area contributed by atoms with E-state index in [-0.39, 0.29) is 18.9 Å². The zero-order valence-corrected chi connectivity index (χ0v) is 16.9. The van der Waals surface area contributed by atoms with Gasteiger partial charge in [-0.05, 0) is 30.3 Å². The van der Waals surface area contributed by atoms with Gasteiger partial charge in [0.2, 0.25) is 5.91 Å². The lowest BCUT2D eigenvalue weighted by Crippen LogP contribution is -2.49. The minimum Gasteiger partial charge on any atom is -0.495 e. The van der Waals surface area contributed by atoms with Crippen LogP contribution in [0.2, 0.25) is 5.02 Å². The average molecular weight is 416 g/mol. The number of oxazole rings is 1. The molecule has 2 aromatic carbocycles. The molecule has 0 radical (unpaired) electrons. The van der Waals surface area contributed by atoms with Crippen LogP contribution in [-0.4, -0.2) is 48.7 Å². The Morgan fingerprint density at radius 2 is 1.90 bits per heavy atom. The van der Waals surface area contributed by atoms with Gasteiger partial charge in [-0.25, -0.2) is 4.79 Å². The van der Waals surface area contributed by atoms with Gasteiger partial charge in [-0.1, -0.05) is 23.7 Å². The monoisotopic (exact) mass is 415 g/mol. The summed E-state index contributed by atoms with van der Waals surface area (Å²) >= 11 is 6.02. The van der Waals surface area contributed by atoms with Crippen LogP contribution in [0.3, 0.4) is 0 Å². The summed E-state index contributed by atoms with van der Waals surface area (Å²) < 4.78 is 12.1. The van der Waals surface area contributed by atoms with Crippen LogP contribution < -0.4 is 15.4 Å². The van der Waals surface area contributed by atoms with Gasteiger partial charge in [0.05, 0.1) is 18.3 Å². The molecule has 0 N–H and O–H groups in total. The van der Waals surface area contributed by atoms with E-state index in [1.165, 1.54) is 4.57 Å². The van der Waals surface area contributed by atoms with Gasteiger partial charge in [-0.3, -0.25) is 9.36 Å². The number of amides is 1. The molecule has 0 unspecified atom stereocenters. The van der Waals surface area contributed by atoms with E-state index in [0.717, 1.165) is 24.5 Å². The Hall–Kier alpha value is -2.93. The zero-order valence-electron chi connectivity index (χ0n) is 16.1. The van der Waals surface area contributed by atoms with Crippen LogP contribution in [0.4, 0.5) is 5.69 Å². The first kappa shape index (κ1) is 19.4. The molecule has 0 bridgehead atoms. The summed E-state index contributed by atoms with van der Waals surface area (Å²) in [6, 6.07) is 12.9.